The quantitative estimate of drug-likeness (QED) is 0.452. The van der Waals surface area contributed by atoms with Crippen molar-refractivity contribution in [3.8, 4) is 22.6 Å². The maximum atomic E-state index is 11.2. The van der Waals surface area contributed by atoms with E-state index in [0.717, 1.165) is 23.5 Å². The third-order valence-corrected chi connectivity index (χ3v) is 9.67. The molecule has 3 heteroatoms. The van der Waals surface area contributed by atoms with Gasteiger partial charge in [-0.15, -0.1) is 11.8 Å². The number of phenols is 1. The first-order chi connectivity index (χ1) is 15.1. The molecular weight excluding hydrogens is 400 g/mol. The Hall–Kier alpha value is -2.13. The lowest BCUT2D eigenvalue weighted by Crippen LogP contribution is -2.36. The summed E-state index contributed by atoms with van der Waals surface area (Å²) < 4.78 is 5.90. The molecule has 1 N–H and O–H groups in total. The standard InChI is InChI=1S/C28H30O2S/c1-3-27(4-2)9-11-28(12-10-27)21-8-6-5-7-18(21)26-20-16-25-24(30-13-14-31-25)15-19(20)23(29)17-22(26)28/h5-8,15-17,29H,3-4,9-14H2,1-2H3. The van der Waals surface area contributed by atoms with Gasteiger partial charge in [-0.1, -0.05) is 51.0 Å². The van der Waals surface area contributed by atoms with E-state index >= 15 is 0 Å². The molecule has 31 heavy (non-hydrogen) atoms. The Kier molecular flexibility index (Phi) is 4.37. The van der Waals surface area contributed by atoms with Crippen molar-refractivity contribution in [2.24, 2.45) is 5.41 Å². The van der Waals surface area contributed by atoms with E-state index in [1.165, 1.54) is 71.1 Å². The molecule has 3 aromatic rings. The summed E-state index contributed by atoms with van der Waals surface area (Å²) in [6.45, 7) is 5.46. The minimum absolute atomic E-state index is 0.0327. The molecule has 160 valence electrons. The van der Waals surface area contributed by atoms with E-state index in [9.17, 15) is 5.11 Å². The van der Waals surface area contributed by atoms with Gasteiger partial charge in [-0.2, -0.15) is 0 Å². The van der Waals surface area contributed by atoms with Crippen molar-refractivity contribution >= 4 is 22.5 Å². The highest BCUT2D eigenvalue weighted by molar-refractivity contribution is 7.99. The van der Waals surface area contributed by atoms with Gasteiger partial charge in [0.15, 0.2) is 0 Å². The summed E-state index contributed by atoms with van der Waals surface area (Å²) >= 11 is 1.86. The Morgan fingerprint density at radius 2 is 1.71 bits per heavy atom. The van der Waals surface area contributed by atoms with Gasteiger partial charge in [-0.3, -0.25) is 0 Å². The average molecular weight is 431 g/mol. The third kappa shape index (κ3) is 2.65. The lowest BCUT2D eigenvalue weighted by Gasteiger charge is -2.45. The molecule has 0 radical (unpaired) electrons. The lowest BCUT2D eigenvalue weighted by atomic mass is 9.58. The van der Waals surface area contributed by atoms with Crippen LogP contribution in [0.4, 0.5) is 0 Å². The van der Waals surface area contributed by atoms with E-state index in [-0.39, 0.29) is 5.41 Å². The van der Waals surface area contributed by atoms with Gasteiger partial charge in [0.2, 0.25) is 0 Å². The van der Waals surface area contributed by atoms with Crippen LogP contribution in [-0.2, 0) is 5.41 Å². The molecule has 2 aliphatic carbocycles. The average Bonchev–Trinajstić information content (AvgIpc) is 3.09. The van der Waals surface area contributed by atoms with Gasteiger partial charge < -0.3 is 9.84 Å². The monoisotopic (exact) mass is 430 g/mol. The molecule has 6 rings (SSSR count). The first kappa shape index (κ1) is 19.5. The number of aromatic hydroxyl groups is 1. The summed E-state index contributed by atoms with van der Waals surface area (Å²) in [6, 6.07) is 15.4. The van der Waals surface area contributed by atoms with Crippen LogP contribution in [0.15, 0.2) is 47.4 Å². The first-order valence-corrected chi connectivity index (χ1v) is 12.8. The largest absolute Gasteiger partial charge is 0.507 e. The van der Waals surface area contributed by atoms with E-state index in [4.69, 9.17) is 4.74 Å². The van der Waals surface area contributed by atoms with Gasteiger partial charge >= 0.3 is 0 Å². The third-order valence-electron chi connectivity index (χ3n) is 8.67. The molecule has 1 spiro atoms. The molecule has 0 aromatic heterocycles. The smallest absolute Gasteiger partial charge is 0.133 e. The van der Waals surface area contributed by atoms with Gasteiger partial charge in [-0.25, -0.2) is 0 Å². The summed E-state index contributed by atoms with van der Waals surface area (Å²) in [5, 5.41) is 13.3. The maximum absolute atomic E-state index is 11.2. The SMILES string of the molecule is CCC1(CC)CCC2(CC1)c1ccccc1-c1c2cc(O)c2cc3c(cc12)SCCO3. The molecule has 2 nitrogen and oxygen atoms in total. The van der Waals surface area contributed by atoms with Crippen molar-refractivity contribution in [3.05, 3.63) is 53.6 Å². The highest BCUT2D eigenvalue weighted by Crippen LogP contribution is 2.62. The van der Waals surface area contributed by atoms with Crippen molar-refractivity contribution in [1.82, 2.24) is 0 Å². The molecular formula is C28H30O2S. The van der Waals surface area contributed by atoms with E-state index in [1.54, 1.807) is 0 Å². The molecule has 1 saturated carbocycles. The molecule has 1 fully saturated rings. The molecule has 3 aliphatic rings. The minimum Gasteiger partial charge on any atom is -0.507 e. The van der Waals surface area contributed by atoms with Gasteiger partial charge in [0.25, 0.3) is 0 Å². The molecule has 1 heterocycles. The van der Waals surface area contributed by atoms with Crippen LogP contribution in [0.3, 0.4) is 0 Å². The number of hydrogen-bond acceptors (Lipinski definition) is 3. The number of hydrogen-bond donors (Lipinski definition) is 1. The van der Waals surface area contributed by atoms with E-state index < -0.39 is 0 Å². The van der Waals surface area contributed by atoms with E-state index in [1.807, 2.05) is 11.8 Å². The second-order valence-electron chi connectivity index (χ2n) is 9.69. The van der Waals surface area contributed by atoms with Crippen LogP contribution in [0, 0.1) is 5.41 Å². The van der Waals surface area contributed by atoms with Crippen LogP contribution >= 0.6 is 11.8 Å². The summed E-state index contributed by atoms with van der Waals surface area (Å²) in [7, 11) is 0. The summed E-state index contributed by atoms with van der Waals surface area (Å²) in [5.41, 5.74) is 6.04. The summed E-state index contributed by atoms with van der Waals surface area (Å²) in [4.78, 5) is 1.20. The maximum Gasteiger partial charge on any atom is 0.133 e. The van der Waals surface area contributed by atoms with Crippen LogP contribution in [0.2, 0.25) is 0 Å². The Labute approximate surface area is 189 Å². The zero-order chi connectivity index (χ0) is 21.2. The van der Waals surface area contributed by atoms with Crippen LogP contribution in [0.25, 0.3) is 21.9 Å². The van der Waals surface area contributed by atoms with Crippen LogP contribution in [0.1, 0.15) is 63.5 Å². The van der Waals surface area contributed by atoms with E-state index in [0.29, 0.717) is 11.2 Å². The summed E-state index contributed by atoms with van der Waals surface area (Å²) in [5.74, 6) is 2.29. The zero-order valence-electron chi connectivity index (χ0n) is 18.5. The van der Waals surface area contributed by atoms with Crippen LogP contribution in [-0.4, -0.2) is 17.5 Å². The Morgan fingerprint density at radius 3 is 2.48 bits per heavy atom. The highest BCUT2D eigenvalue weighted by atomic mass is 32.2. The fourth-order valence-electron chi connectivity index (χ4n) is 6.57. The van der Waals surface area contributed by atoms with Crippen molar-refractivity contribution in [3.63, 3.8) is 0 Å². The number of rotatable bonds is 2. The lowest BCUT2D eigenvalue weighted by molar-refractivity contribution is 0.133. The fraction of sp³-hybridized carbons (Fsp3) is 0.429. The first-order valence-electron chi connectivity index (χ1n) is 11.8. The van der Waals surface area contributed by atoms with E-state index in [2.05, 4.69) is 56.3 Å². The molecule has 0 unspecified atom stereocenters. The molecule has 3 aromatic carbocycles. The zero-order valence-corrected chi connectivity index (χ0v) is 19.3. The van der Waals surface area contributed by atoms with Crippen molar-refractivity contribution < 1.29 is 9.84 Å². The van der Waals surface area contributed by atoms with Gasteiger partial charge in [0, 0.05) is 16.6 Å². The number of benzene rings is 3. The van der Waals surface area contributed by atoms with Crippen molar-refractivity contribution in [2.45, 2.75) is 62.7 Å². The molecule has 0 bridgehead atoms. The van der Waals surface area contributed by atoms with Crippen molar-refractivity contribution in [1.29, 1.82) is 0 Å². The topological polar surface area (TPSA) is 29.5 Å². The van der Waals surface area contributed by atoms with Gasteiger partial charge in [0.05, 0.1) is 11.5 Å². The normalized spacial score (nSPS) is 20.2. The van der Waals surface area contributed by atoms with Gasteiger partial charge in [0.1, 0.15) is 11.5 Å². The summed E-state index contributed by atoms with van der Waals surface area (Å²) in [6.07, 6.45) is 7.40. The Morgan fingerprint density at radius 1 is 0.935 bits per heavy atom. The molecule has 0 saturated heterocycles. The second-order valence-corrected chi connectivity index (χ2v) is 10.8. The predicted molar refractivity (Wildman–Crippen MR) is 130 cm³/mol. The number of thioether (sulfide) groups is 1. The number of phenolic OH excluding ortho intramolecular Hbond substituents is 1. The highest BCUT2D eigenvalue weighted by Gasteiger charge is 2.49. The van der Waals surface area contributed by atoms with Gasteiger partial charge in [-0.05, 0) is 76.9 Å². The second kappa shape index (κ2) is 6.93. The number of ether oxygens (including phenoxy) is 1. The molecule has 0 amide bonds. The fourth-order valence-corrected chi connectivity index (χ4v) is 7.42. The Balaban J connectivity index is 1.60. The number of fused-ring (bicyclic) bond motifs is 8. The Bertz CT molecular complexity index is 1180. The minimum atomic E-state index is 0.0327. The predicted octanol–water partition coefficient (Wildman–Crippen LogP) is 7.68. The van der Waals surface area contributed by atoms with Crippen LogP contribution < -0.4 is 4.74 Å². The van der Waals surface area contributed by atoms with Crippen molar-refractivity contribution in [2.75, 3.05) is 12.4 Å². The van der Waals surface area contributed by atoms with Crippen LogP contribution in [0.5, 0.6) is 11.5 Å². The molecule has 0 atom stereocenters. The molecule has 1 aliphatic heterocycles.